The van der Waals surface area contributed by atoms with Crippen molar-refractivity contribution in [1.82, 2.24) is 10.3 Å². The van der Waals surface area contributed by atoms with Gasteiger partial charge < -0.3 is 10.4 Å². The minimum absolute atomic E-state index is 0.348. The Morgan fingerprint density at radius 1 is 1.33 bits per heavy atom. The van der Waals surface area contributed by atoms with Crippen molar-refractivity contribution < 1.29 is 5.11 Å². The van der Waals surface area contributed by atoms with Gasteiger partial charge in [0, 0.05) is 24.9 Å². The van der Waals surface area contributed by atoms with Crippen LogP contribution < -0.4 is 5.32 Å². The van der Waals surface area contributed by atoms with E-state index >= 15 is 0 Å². The summed E-state index contributed by atoms with van der Waals surface area (Å²) in [6.07, 6.45) is 2.02. The van der Waals surface area contributed by atoms with Crippen molar-refractivity contribution in [2.45, 2.75) is 26.4 Å². The molecule has 0 saturated heterocycles. The van der Waals surface area contributed by atoms with Crippen molar-refractivity contribution in [2.24, 2.45) is 5.92 Å². The minimum atomic E-state index is -0.348. The summed E-state index contributed by atoms with van der Waals surface area (Å²) in [5.41, 5.74) is 0.941. The molecule has 1 atom stereocenters. The predicted octanol–water partition coefficient (Wildman–Crippen LogP) is 1.23. The zero-order chi connectivity index (χ0) is 11.1. The van der Waals surface area contributed by atoms with Gasteiger partial charge >= 0.3 is 0 Å². The summed E-state index contributed by atoms with van der Waals surface area (Å²) in [6.45, 7) is 5.88. The first-order chi connectivity index (χ1) is 7.18. The molecule has 0 radical (unpaired) electrons. The number of nitrogens with one attached hydrogen (secondary N) is 1. The lowest BCUT2D eigenvalue weighted by Crippen LogP contribution is -2.31. The SMILES string of the molecule is CC(C)CNCC(O)Cc1ccccn1. The molecule has 1 rings (SSSR count). The Bertz CT molecular complexity index is 262. The van der Waals surface area contributed by atoms with E-state index in [-0.39, 0.29) is 6.10 Å². The molecule has 1 unspecified atom stereocenters. The van der Waals surface area contributed by atoms with Crippen LogP contribution in [-0.4, -0.2) is 29.3 Å². The molecule has 2 N–H and O–H groups in total. The highest BCUT2D eigenvalue weighted by atomic mass is 16.3. The topological polar surface area (TPSA) is 45.1 Å². The fourth-order valence-electron chi connectivity index (χ4n) is 1.37. The minimum Gasteiger partial charge on any atom is -0.391 e. The fraction of sp³-hybridized carbons (Fsp3) is 0.583. The number of rotatable bonds is 6. The van der Waals surface area contributed by atoms with E-state index in [0.29, 0.717) is 18.9 Å². The summed E-state index contributed by atoms with van der Waals surface area (Å²) >= 11 is 0. The summed E-state index contributed by atoms with van der Waals surface area (Å²) in [5.74, 6) is 0.618. The third kappa shape index (κ3) is 5.50. The Kier molecular flexibility index (Phi) is 5.29. The van der Waals surface area contributed by atoms with Gasteiger partial charge in [0.2, 0.25) is 0 Å². The maximum atomic E-state index is 9.71. The second-order valence-corrected chi connectivity index (χ2v) is 4.23. The summed E-state index contributed by atoms with van der Waals surface area (Å²) < 4.78 is 0. The Morgan fingerprint density at radius 2 is 2.13 bits per heavy atom. The number of aliphatic hydroxyl groups excluding tert-OH is 1. The lowest BCUT2D eigenvalue weighted by Gasteiger charge is -2.12. The van der Waals surface area contributed by atoms with Gasteiger partial charge in [-0.15, -0.1) is 0 Å². The quantitative estimate of drug-likeness (QED) is 0.739. The molecule has 0 bridgehead atoms. The third-order valence-corrected chi connectivity index (χ3v) is 2.10. The summed E-state index contributed by atoms with van der Waals surface area (Å²) in [7, 11) is 0. The monoisotopic (exact) mass is 208 g/mol. The average molecular weight is 208 g/mol. The summed E-state index contributed by atoms with van der Waals surface area (Å²) in [6, 6.07) is 5.76. The van der Waals surface area contributed by atoms with Crippen LogP contribution in [0.4, 0.5) is 0 Å². The zero-order valence-corrected chi connectivity index (χ0v) is 9.48. The molecule has 1 aromatic heterocycles. The van der Waals surface area contributed by atoms with E-state index in [9.17, 15) is 5.11 Å². The van der Waals surface area contributed by atoms with Crippen LogP contribution in [0, 0.1) is 5.92 Å². The van der Waals surface area contributed by atoms with Crippen LogP contribution in [0.2, 0.25) is 0 Å². The van der Waals surface area contributed by atoms with E-state index in [1.807, 2.05) is 18.2 Å². The van der Waals surface area contributed by atoms with E-state index in [1.54, 1.807) is 6.20 Å². The molecule has 3 nitrogen and oxygen atoms in total. The molecule has 0 aliphatic heterocycles. The first-order valence-corrected chi connectivity index (χ1v) is 5.47. The average Bonchev–Trinajstić information content (AvgIpc) is 2.18. The van der Waals surface area contributed by atoms with E-state index < -0.39 is 0 Å². The molecule has 15 heavy (non-hydrogen) atoms. The Balaban J connectivity index is 2.21. The molecular weight excluding hydrogens is 188 g/mol. The van der Waals surface area contributed by atoms with Gasteiger partial charge in [0.1, 0.15) is 0 Å². The predicted molar refractivity (Wildman–Crippen MR) is 61.7 cm³/mol. The number of pyridine rings is 1. The highest BCUT2D eigenvalue weighted by Crippen LogP contribution is 1.98. The van der Waals surface area contributed by atoms with Crippen molar-refractivity contribution in [3.63, 3.8) is 0 Å². The van der Waals surface area contributed by atoms with Crippen LogP contribution in [0.3, 0.4) is 0 Å². The van der Waals surface area contributed by atoms with Crippen LogP contribution in [0.5, 0.6) is 0 Å². The van der Waals surface area contributed by atoms with Crippen molar-refractivity contribution in [1.29, 1.82) is 0 Å². The maximum absolute atomic E-state index is 9.71. The molecule has 0 amide bonds. The van der Waals surface area contributed by atoms with Gasteiger partial charge in [0.25, 0.3) is 0 Å². The number of hydrogen-bond acceptors (Lipinski definition) is 3. The maximum Gasteiger partial charge on any atom is 0.0719 e. The summed E-state index contributed by atoms with van der Waals surface area (Å²) in [5, 5.41) is 12.9. The van der Waals surface area contributed by atoms with E-state index in [0.717, 1.165) is 12.2 Å². The second-order valence-electron chi connectivity index (χ2n) is 4.23. The highest BCUT2D eigenvalue weighted by molar-refractivity contribution is 5.04. The number of nitrogens with zero attached hydrogens (tertiary/aromatic N) is 1. The van der Waals surface area contributed by atoms with Crippen molar-refractivity contribution in [2.75, 3.05) is 13.1 Å². The first-order valence-electron chi connectivity index (χ1n) is 5.47. The highest BCUT2D eigenvalue weighted by Gasteiger charge is 2.05. The Labute approximate surface area is 91.5 Å². The number of aliphatic hydroxyl groups is 1. The molecule has 0 spiro atoms. The number of hydrogen-bond donors (Lipinski definition) is 2. The molecule has 0 aliphatic rings. The standard InChI is InChI=1S/C12H20N2O/c1-10(2)8-13-9-12(15)7-11-5-3-4-6-14-11/h3-6,10,12-13,15H,7-9H2,1-2H3. The Hall–Kier alpha value is -0.930. The van der Waals surface area contributed by atoms with Crippen LogP contribution in [-0.2, 0) is 6.42 Å². The van der Waals surface area contributed by atoms with Crippen LogP contribution in [0.1, 0.15) is 19.5 Å². The van der Waals surface area contributed by atoms with Crippen molar-refractivity contribution in [3.8, 4) is 0 Å². The largest absolute Gasteiger partial charge is 0.391 e. The van der Waals surface area contributed by atoms with Crippen LogP contribution in [0.15, 0.2) is 24.4 Å². The molecule has 3 heteroatoms. The molecule has 0 aromatic carbocycles. The molecule has 0 aliphatic carbocycles. The zero-order valence-electron chi connectivity index (χ0n) is 9.48. The molecule has 84 valence electrons. The van der Waals surface area contributed by atoms with Crippen LogP contribution >= 0.6 is 0 Å². The van der Waals surface area contributed by atoms with Gasteiger partial charge in [-0.1, -0.05) is 19.9 Å². The van der Waals surface area contributed by atoms with Gasteiger partial charge in [-0.3, -0.25) is 4.98 Å². The van der Waals surface area contributed by atoms with E-state index in [1.165, 1.54) is 0 Å². The molecule has 1 aromatic rings. The van der Waals surface area contributed by atoms with Crippen molar-refractivity contribution in [3.05, 3.63) is 30.1 Å². The van der Waals surface area contributed by atoms with Gasteiger partial charge in [0.05, 0.1) is 6.10 Å². The van der Waals surface area contributed by atoms with Gasteiger partial charge in [-0.2, -0.15) is 0 Å². The second kappa shape index (κ2) is 6.53. The van der Waals surface area contributed by atoms with Gasteiger partial charge in [0.15, 0.2) is 0 Å². The molecular formula is C12H20N2O. The fourth-order valence-corrected chi connectivity index (χ4v) is 1.37. The van der Waals surface area contributed by atoms with Gasteiger partial charge in [-0.25, -0.2) is 0 Å². The summed E-state index contributed by atoms with van der Waals surface area (Å²) in [4.78, 5) is 4.17. The molecule has 0 fully saturated rings. The molecule has 0 saturated carbocycles. The van der Waals surface area contributed by atoms with E-state index in [2.05, 4.69) is 24.1 Å². The molecule has 1 heterocycles. The lowest BCUT2D eigenvalue weighted by atomic mass is 10.1. The first kappa shape index (κ1) is 12.1. The lowest BCUT2D eigenvalue weighted by molar-refractivity contribution is 0.169. The van der Waals surface area contributed by atoms with Crippen LogP contribution in [0.25, 0.3) is 0 Å². The Morgan fingerprint density at radius 3 is 2.73 bits per heavy atom. The number of aromatic nitrogens is 1. The smallest absolute Gasteiger partial charge is 0.0719 e. The van der Waals surface area contributed by atoms with Crippen molar-refractivity contribution >= 4 is 0 Å². The van der Waals surface area contributed by atoms with Gasteiger partial charge in [-0.05, 0) is 24.6 Å². The third-order valence-electron chi connectivity index (χ3n) is 2.10. The van der Waals surface area contributed by atoms with E-state index in [4.69, 9.17) is 0 Å². The normalized spacial score (nSPS) is 13.1.